The Bertz CT molecular complexity index is 804. The number of methoxy groups -OCH3 is 1. The van der Waals surface area contributed by atoms with Crippen LogP contribution in [-0.4, -0.2) is 24.1 Å². The molecule has 6 heteroatoms. The third kappa shape index (κ3) is 4.03. The lowest BCUT2D eigenvalue weighted by molar-refractivity contribution is -0.117. The Balaban J connectivity index is 1.71. The molecule has 1 aliphatic rings. The smallest absolute Gasteiger partial charge is 0.335 e. The average molecular weight is 343 g/mol. The van der Waals surface area contributed by atoms with E-state index in [0.29, 0.717) is 17.7 Å². The minimum absolute atomic E-state index is 0.0710. The molecule has 1 amide bonds. The molecule has 0 radical (unpaired) electrons. The highest BCUT2D eigenvalue weighted by molar-refractivity contribution is 5.97. The number of amides is 1. The summed E-state index contributed by atoms with van der Waals surface area (Å²) in [5.74, 6) is -1.66. The summed E-state index contributed by atoms with van der Waals surface area (Å²) in [5.41, 5.74) is 2.13. The maximum absolute atomic E-state index is 13.0. The third-order valence-electron chi connectivity index (χ3n) is 4.24. The summed E-state index contributed by atoms with van der Waals surface area (Å²) in [7, 11) is 1.52. The van der Waals surface area contributed by atoms with Gasteiger partial charge in [-0.15, -0.1) is 0 Å². The van der Waals surface area contributed by atoms with Crippen LogP contribution < -0.4 is 5.32 Å². The van der Waals surface area contributed by atoms with Crippen LogP contribution in [0.15, 0.2) is 42.5 Å². The van der Waals surface area contributed by atoms with Gasteiger partial charge in [0.2, 0.25) is 5.91 Å². The van der Waals surface area contributed by atoms with Gasteiger partial charge in [-0.2, -0.15) is 0 Å². The van der Waals surface area contributed by atoms with Crippen LogP contribution in [0.2, 0.25) is 0 Å². The van der Waals surface area contributed by atoms with Gasteiger partial charge in [-0.3, -0.25) is 4.79 Å². The highest BCUT2D eigenvalue weighted by Crippen LogP contribution is 2.48. The summed E-state index contributed by atoms with van der Waals surface area (Å²) in [6, 6.07) is 10.8. The molecule has 1 aliphatic carbocycles. The van der Waals surface area contributed by atoms with E-state index < -0.39 is 5.97 Å². The van der Waals surface area contributed by atoms with Crippen molar-refractivity contribution in [1.82, 2.24) is 0 Å². The molecule has 5 nitrogen and oxygen atoms in total. The number of carbonyl (C=O) groups is 2. The summed E-state index contributed by atoms with van der Waals surface area (Å²) in [4.78, 5) is 23.6. The molecule has 130 valence electrons. The lowest BCUT2D eigenvalue weighted by Crippen LogP contribution is -2.15. The zero-order valence-electron chi connectivity index (χ0n) is 13.7. The zero-order valence-corrected chi connectivity index (χ0v) is 13.7. The number of carboxylic acid groups (broad SMARTS) is 1. The van der Waals surface area contributed by atoms with Crippen LogP contribution in [0, 0.1) is 11.7 Å². The monoisotopic (exact) mass is 343 g/mol. The number of carboxylic acids is 1. The van der Waals surface area contributed by atoms with E-state index in [-0.39, 0.29) is 35.7 Å². The van der Waals surface area contributed by atoms with Crippen molar-refractivity contribution in [3.8, 4) is 0 Å². The Labute approximate surface area is 144 Å². The Morgan fingerprint density at radius 3 is 2.60 bits per heavy atom. The first kappa shape index (κ1) is 17.1. The molecule has 2 unspecified atom stereocenters. The second kappa shape index (κ2) is 7.03. The van der Waals surface area contributed by atoms with E-state index in [2.05, 4.69) is 5.32 Å². The first-order valence-electron chi connectivity index (χ1n) is 7.90. The van der Waals surface area contributed by atoms with E-state index in [1.807, 2.05) is 0 Å². The van der Waals surface area contributed by atoms with E-state index >= 15 is 0 Å². The predicted molar refractivity (Wildman–Crippen MR) is 90.0 cm³/mol. The van der Waals surface area contributed by atoms with E-state index in [4.69, 9.17) is 4.74 Å². The van der Waals surface area contributed by atoms with E-state index in [9.17, 15) is 19.1 Å². The normalized spacial score (nSPS) is 18.6. The topological polar surface area (TPSA) is 75.6 Å². The van der Waals surface area contributed by atoms with Crippen molar-refractivity contribution in [3.05, 3.63) is 65.0 Å². The summed E-state index contributed by atoms with van der Waals surface area (Å²) in [6.07, 6.45) is 0.695. The molecule has 0 aliphatic heterocycles. The van der Waals surface area contributed by atoms with Gasteiger partial charge in [0.25, 0.3) is 0 Å². The molecule has 2 N–H and O–H groups in total. The highest BCUT2D eigenvalue weighted by atomic mass is 19.1. The molecule has 3 rings (SSSR count). The number of halogens is 1. The van der Waals surface area contributed by atoms with Crippen LogP contribution in [-0.2, 0) is 16.1 Å². The fourth-order valence-corrected chi connectivity index (χ4v) is 2.94. The maximum atomic E-state index is 13.0. The van der Waals surface area contributed by atoms with Crippen molar-refractivity contribution >= 4 is 17.6 Å². The Hall–Kier alpha value is -2.73. The molecule has 2 aromatic rings. The van der Waals surface area contributed by atoms with Crippen LogP contribution in [0.25, 0.3) is 0 Å². The van der Waals surface area contributed by atoms with Gasteiger partial charge >= 0.3 is 5.97 Å². The van der Waals surface area contributed by atoms with Crippen LogP contribution in [0.3, 0.4) is 0 Å². The molecule has 2 aromatic carbocycles. The molecule has 1 fully saturated rings. The maximum Gasteiger partial charge on any atom is 0.335 e. The van der Waals surface area contributed by atoms with Gasteiger partial charge in [-0.1, -0.05) is 12.1 Å². The summed E-state index contributed by atoms with van der Waals surface area (Å²) in [5, 5.41) is 12.0. The fourth-order valence-electron chi connectivity index (χ4n) is 2.94. The quantitative estimate of drug-likeness (QED) is 0.843. The third-order valence-corrected chi connectivity index (χ3v) is 4.24. The SMILES string of the molecule is COCc1cc(NC(=O)C2CC2c2ccc(F)cc2)cc(C(=O)O)c1. The van der Waals surface area contributed by atoms with Crippen LogP contribution in [0.4, 0.5) is 10.1 Å². The fraction of sp³-hybridized carbons (Fsp3) is 0.263. The first-order valence-corrected chi connectivity index (χ1v) is 7.90. The number of aromatic carboxylic acids is 1. The van der Waals surface area contributed by atoms with Crippen molar-refractivity contribution in [1.29, 1.82) is 0 Å². The zero-order chi connectivity index (χ0) is 18.0. The van der Waals surface area contributed by atoms with Crippen molar-refractivity contribution in [2.75, 3.05) is 12.4 Å². The van der Waals surface area contributed by atoms with E-state index in [0.717, 1.165) is 5.56 Å². The molecule has 1 saturated carbocycles. The van der Waals surface area contributed by atoms with Gasteiger partial charge in [0.15, 0.2) is 0 Å². The minimum Gasteiger partial charge on any atom is -0.478 e. The van der Waals surface area contributed by atoms with Gasteiger partial charge in [-0.05, 0) is 53.8 Å². The van der Waals surface area contributed by atoms with Crippen molar-refractivity contribution in [2.45, 2.75) is 18.9 Å². The second-order valence-electron chi connectivity index (χ2n) is 6.15. The van der Waals surface area contributed by atoms with Gasteiger partial charge in [0.1, 0.15) is 5.82 Å². The molecule has 2 atom stereocenters. The molecule has 0 aromatic heterocycles. The summed E-state index contributed by atoms with van der Waals surface area (Å²) in [6.45, 7) is 0.256. The highest BCUT2D eigenvalue weighted by Gasteiger charge is 2.43. The van der Waals surface area contributed by atoms with Gasteiger partial charge in [0, 0.05) is 18.7 Å². The number of hydrogen-bond donors (Lipinski definition) is 2. The molecule has 0 saturated heterocycles. The lowest BCUT2D eigenvalue weighted by atomic mass is 10.1. The number of rotatable bonds is 6. The number of carbonyl (C=O) groups excluding carboxylic acids is 1. The van der Waals surface area contributed by atoms with E-state index in [1.54, 1.807) is 18.2 Å². The average Bonchev–Trinajstić information content (AvgIpc) is 3.36. The lowest BCUT2D eigenvalue weighted by Gasteiger charge is -2.09. The molecular weight excluding hydrogens is 325 g/mol. The van der Waals surface area contributed by atoms with Crippen molar-refractivity contribution in [3.63, 3.8) is 0 Å². The number of benzene rings is 2. The van der Waals surface area contributed by atoms with Gasteiger partial charge in [0.05, 0.1) is 12.2 Å². The Kier molecular flexibility index (Phi) is 4.81. The van der Waals surface area contributed by atoms with Crippen LogP contribution >= 0.6 is 0 Å². The molecule has 0 spiro atoms. The molecule has 25 heavy (non-hydrogen) atoms. The number of ether oxygens (including phenoxy) is 1. The molecule has 0 bridgehead atoms. The Morgan fingerprint density at radius 2 is 1.96 bits per heavy atom. The molecular formula is C19H18FNO4. The number of nitrogens with one attached hydrogen (secondary N) is 1. The summed E-state index contributed by atoms with van der Waals surface area (Å²) < 4.78 is 18.0. The predicted octanol–water partition coefficient (Wildman–Crippen LogP) is 3.41. The van der Waals surface area contributed by atoms with Gasteiger partial charge < -0.3 is 15.2 Å². The standard InChI is InChI=1S/C19H18FNO4/c1-25-10-11-6-13(19(23)24)8-15(7-11)21-18(22)17-9-16(17)12-2-4-14(20)5-3-12/h2-8,16-17H,9-10H2,1H3,(H,21,22)(H,23,24). The number of hydrogen-bond acceptors (Lipinski definition) is 3. The minimum atomic E-state index is -1.07. The van der Waals surface area contributed by atoms with Crippen molar-refractivity contribution in [2.24, 2.45) is 5.92 Å². The second-order valence-corrected chi connectivity index (χ2v) is 6.15. The van der Waals surface area contributed by atoms with Crippen molar-refractivity contribution < 1.29 is 23.8 Å². The van der Waals surface area contributed by atoms with Crippen LogP contribution in [0.5, 0.6) is 0 Å². The number of anilines is 1. The summed E-state index contributed by atoms with van der Waals surface area (Å²) >= 11 is 0. The van der Waals surface area contributed by atoms with E-state index in [1.165, 1.54) is 31.4 Å². The largest absolute Gasteiger partial charge is 0.478 e. The van der Waals surface area contributed by atoms with Crippen LogP contribution in [0.1, 0.15) is 33.8 Å². The Morgan fingerprint density at radius 1 is 1.24 bits per heavy atom. The van der Waals surface area contributed by atoms with Gasteiger partial charge in [-0.25, -0.2) is 9.18 Å². The molecule has 0 heterocycles. The first-order chi connectivity index (χ1) is 12.0.